The number of para-hydroxylation sites is 1. The fourth-order valence-corrected chi connectivity index (χ4v) is 2.47. The molecule has 1 heterocycles. The zero-order valence-electron chi connectivity index (χ0n) is 12.5. The molecule has 0 amide bonds. The third-order valence-electron chi connectivity index (χ3n) is 3.62. The summed E-state index contributed by atoms with van der Waals surface area (Å²) in [6.45, 7) is 0.0873. The van der Waals surface area contributed by atoms with Gasteiger partial charge >= 0.3 is 0 Å². The summed E-state index contributed by atoms with van der Waals surface area (Å²) in [5.41, 5.74) is 0.430. The summed E-state index contributed by atoms with van der Waals surface area (Å²) in [5, 5.41) is 22.0. The molecule has 2 aromatic carbocycles. The van der Waals surface area contributed by atoms with Crippen LogP contribution in [0.5, 0.6) is 5.88 Å². The first kappa shape index (κ1) is 15.4. The topological polar surface area (TPSA) is 109 Å². The van der Waals surface area contributed by atoms with E-state index in [0.29, 0.717) is 21.9 Å². The Labute approximate surface area is 136 Å². The molecule has 7 nitrogen and oxygen atoms in total. The average molecular weight is 323 g/mol. The Morgan fingerprint density at radius 3 is 2.54 bits per heavy atom. The van der Waals surface area contributed by atoms with Gasteiger partial charge < -0.3 is 5.11 Å². The Morgan fingerprint density at radius 2 is 1.79 bits per heavy atom. The number of benzene rings is 2. The number of aliphatic imine (C=N–C) groups is 1. The molecule has 0 radical (unpaired) electrons. The third kappa shape index (κ3) is 2.87. The molecule has 0 fully saturated rings. The minimum absolute atomic E-state index is 0.00908. The van der Waals surface area contributed by atoms with Gasteiger partial charge in [0, 0.05) is 23.1 Å². The minimum Gasteiger partial charge on any atom is -0.494 e. The van der Waals surface area contributed by atoms with Gasteiger partial charge in [-0.3, -0.25) is 24.9 Å². The second kappa shape index (κ2) is 6.33. The second-order valence-electron chi connectivity index (χ2n) is 5.12. The Morgan fingerprint density at radius 1 is 1.12 bits per heavy atom. The predicted octanol–water partition coefficient (Wildman–Crippen LogP) is 2.76. The lowest BCUT2D eigenvalue weighted by Crippen LogP contribution is -2.08. The van der Waals surface area contributed by atoms with E-state index in [9.17, 15) is 20.0 Å². The van der Waals surface area contributed by atoms with E-state index in [1.54, 1.807) is 42.5 Å². The number of fused-ring (bicyclic) bond motifs is 1. The second-order valence-corrected chi connectivity index (χ2v) is 5.12. The monoisotopic (exact) mass is 323 g/mol. The largest absolute Gasteiger partial charge is 0.494 e. The first-order valence-electron chi connectivity index (χ1n) is 7.14. The van der Waals surface area contributed by atoms with Crippen molar-refractivity contribution in [2.24, 2.45) is 4.99 Å². The van der Waals surface area contributed by atoms with E-state index in [4.69, 9.17) is 0 Å². The number of hydrogen-bond donors (Lipinski definition) is 2. The standard InChI is InChI=1S/C17H13N3O4/c21-16-13-7-3-2-6-12(13)14(17(22)19-16)10-18-9-11-5-1-4-8-15(11)20(23)24/h1-8,10H,9H2,(H2,19,21,22). The smallest absolute Gasteiger partial charge is 0.274 e. The van der Waals surface area contributed by atoms with Crippen molar-refractivity contribution in [3.8, 4) is 5.88 Å². The Hall–Kier alpha value is -3.48. The van der Waals surface area contributed by atoms with Crippen molar-refractivity contribution in [3.63, 3.8) is 0 Å². The fraction of sp³-hybridized carbons (Fsp3) is 0.0588. The van der Waals surface area contributed by atoms with E-state index in [2.05, 4.69) is 9.98 Å². The number of nitro benzene ring substituents is 1. The quantitative estimate of drug-likeness (QED) is 0.437. The summed E-state index contributed by atoms with van der Waals surface area (Å²) in [5.74, 6) is -0.287. The maximum absolute atomic E-state index is 11.8. The van der Waals surface area contributed by atoms with Crippen molar-refractivity contribution in [2.75, 3.05) is 0 Å². The average Bonchev–Trinajstić information content (AvgIpc) is 2.58. The summed E-state index contributed by atoms with van der Waals surface area (Å²) in [4.78, 5) is 28.9. The van der Waals surface area contributed by atoms with Gasteiger partial charge in [0.05, 0.1) is 22.6 Å². The van der Waals surface area contributed by atoms with Crippen molar-refractivity contribution in [1.82, 2.24) is 4.98 Å². The number of H-pyrrole nitrogens is 1. The highest BCUT2D eigenvalue weighted by atomic mass is 16.6. The minimum atomic E-state index is -0.461. The maximum atomic E-state index is 11.8. The molecule has 24 heavy (non-hydrogen) atoms. The lowest BCUT2D eigenvalue weighted by Gasteiger charge is -2.04. The molecule has 0 spiro atoms. The van der Waals surface area contributed by atoms with Gasteiger partial charge in [0.15, 0.2) is 0 Å². The van der Waals surface area contributed by atoms with Gasteiger partial charge in [-0.1, -0.05) is 36.4 Å². The number of aromatic amines is 1. The van der Waals surface area contributed by atoms with Crippen LogP contribution in [-0.2, 0) is 6.54 Å². The molecule has 2 N–H and O–H groups in total. The molecule has 0 aliphatic heterocycles. The molecule has 0 saturated carbocycles. The number of rotatable bonds is 4. The van der Waals surface area contributed by atoms with Gasteiger partial charge in [-0.05, 0) is 6.07 Å². The Balaban J connectivity index is 1.98. The van der Waals surface area contributed by atoms with Crippen LogP contribution in [0.4, 0.5) is 5.69 Å². The lowest BCUT2D eigenvalue weighted by molar-refractivity contribution is -0.385. The molecule has 120 valence electrons. The van der Waals surface area contributed by atoms with Gasteiger partial charge in [0.2, 0.25) is 5.88 Å². The maximum Gasteiger partial charge on any atom is 0.274 e. The van der Waals surface area contributed by atoms with E-state index in [1.165, 1.54) is 12.3 Å². The van der Waals surface area contributed by atoms with Gasteiger partial charge in [-0.15, -0.1) is 0 Å². The van der Waals surface area contributed by atoms with Crippen molar-refractivity contribution in [2.45, 2.75) is 6.54 Å². The summed E-state index contributed by atoms with van der Waals surface area (Å²) in [6.07, 6.45) is 1.41. The highest BCUT2D eigenvalue weighted by molar-refractivity contribution is 6.01. The first-order chi connectivity index (χ1) is 11.6. The number of hydrogen-bond acceptors (Lipinski definition) is 5. The van der Waals surface area contributed by atoms with Crippen LogP contribution in [0.3, 0.4) is 0 Å². The molecular weight excluding hydrogens is 310 g/mol. The molecule has 3 rings (SSSR count). The normalized spacial score (nSPS) is 11.2. The SMILES string of the molecule is O=c1[nH]c(O)c(C=NCc2ccccc2[N+](=O)[O-])c2ccccc12. The summed E-state index contributed by atoms with van der Waals surface area (Å²) < 4.78 is 0. The number of nitrogens with one attached hydrogen (secondary N) is 1. The highest BCUT2D eigenvalue weighted by Gasteiger charge is 2.12. The molecule has 0 aliphatic carbocycles. The summed E-state index contributed by atoms with van der Waals surface area (Å²) in [6, 6.07) is 13.2. The third-order valence-corrected chi connectivity index (χ3v) is 3.62. The van der Waals surface area contributed by atoms with E-state index >= 15 is 0 Å². The zero-order valence-corrected chi connectivity index (χ0v) is 12.5. The van der Waals surface area contributed by atoms with Gasteiger partial charge in [-0.25, -0.2) is 0 Å². The number of pyridine rings is 1. The van der Waals surface area contributed by atoms with E-state index < -0.39 is 4.92 Å². The van der Waals surface area contributed by atoms with Crippen LogP contribution in [0.15, 0.2) is 58.3 Å². The van der Waals surface area contributed by atoms with Crippen LogP contribution in [-0.4, -0.2) is 21.2 Å². The molecule has 0 atom stereocenters. The van der Waals surface area contributed by atoms with Gasteiger partial charge in [0.25, 0.3) is 11.2 Å². The number of nitro groups is 1. The molecule has 0 saturated heterocycles. The highest BCUT2D eigenvalue weighted by Crippen LogP contribution is 2.21. The molecular formula is C17H13N3O4. The zero-order chi connectivity index (χ0) is 17.1. The molecule has 7 heteroatoms. The summed E-state index contributed by atoms with van der Waals surface area (Å²) in [7, 11) is 0. The van der Waals surface area contributed by atoms with Gasteiger partial charge in [0.1, 0.15) is 0 Å². The predicted molar refractivity (Wildman–Crippen MR) is 90.6 cm³/mol. The van der Waals surface area contributed by atoms with Crippen molar-refractivity contribution < 1.29 is 10.0 Å². The number of nitrogens with zero attached hydrogens (tertiary/aromatic N) is 2. The van der Waals surface area contributed by atoms with Crippen molar-refractivity contribution >= 4 is 22.7 Å². The number of aromatic nitrogens is 1. The molecule has 3 aromatic rings. The van der Waals surface area contributed by atoms with Crippen LogP contribution in [0.1, 0.15) is 11.1 Å². The van der Waals surface area contributed by atoms with E-state index in [0.717, 1.165) is 0 Å². The molecule has 0 bridgehead atoms. The van der Waals surface area contributed by atoms with Crippen molar-refractivity contribution in [3.05, 3.63) is 80.1 Å². The van der Waals surface area contributed by atoms with Crippen molar-refractivity contribution in [1.29, 1.82) is 0 Å². The van der Waals surface area contributed by atoms with Crippen LogP contribution in [0, 0.1) is 10.1 Å². The Kier molecular flexibility index (Phi) is 4.07. The van der Waals surface area contributed by atoms with E-state index in [-0.39, 0.29) is 23.7 Å². The van der Waals surface area contributed by atoms with Crippen LogP contribution in [0.2, 0.25) is 0 Å². The summed E-state index contributed by atoms with van der Waals surface area (Å²) >= 11 is 0. The molecule has 0 unspecified atom stereocenters. The van der Waals surface area contributed by atoms with E-state index in [1.807, 2.05) is 0 Å². The Bertz CT molecular complexity index is 1010. The fourth-order valence-electron chi connectivity index (χ4n) is 2.47. The number of aromatic hydroxyl groups is 1. The lowest BCUT2D eigenvalue weighted by atomic mass is 10.1. The van der Waals surface area contributed by atoms with Crippen LogP contribution >= 0.6 is 0 Å². The van der Waals surface area contributed by atoms with Gasteiger partial charge in [-0.2, -0.15) is 0 Å². The molecule has 0 aliphatic rings. The first-order valence-corrected chi connectivity index (χ1v) is 7.14. The van der Waals surface area contributed by atoms with Crippen LogP contribution < -0.4 is 5.56 Å². The molecule has 1 aromatic heterocycles. The van der Waals surface area contributed by atoms with Crippen LogP contribution in [0.25, 0.3) is 10.8 Å².